The van der Waals surface area contributed by atoms with E-state index in [-0.39, 0.29) is 30.0 Å². The summed E-state index contributed by atoms with van der Waals surface area (Å²) in [6, 6.07) is 10.8. The average Bonchev–Trinajstić information content (AvgIpc) is 3.12. The molecule has 4 rings (SSSR count). The Hall–Kier alpha value is -4.03. The van der Waals surface area contributed by atoms with Gasteiger partial charge in [0.25, 0.3) is 0 Å². The molecular formula is C21H20BFN6O4. The Morgan fingerprint density at radius 3 is 2.70 bits per heavy atom. The van der Waals surface area contributed by atoms with Gasteiger partial charge in [0.1, 0.15) is 5.82 Å². The van der Waals surface area contributed by atoms with E-state index >= 15 is 0 Å². The van der Waals surface area contributed by atoms with E-state index in [0.29, 0.717) is 22.1 Å². The molecule has 0 aliphatic rings. The van der Waals surface area contributed by atoms with Crippen LogP contribution < -0.4 is 21.3 Å². The molecule has 0 fully saturated rings. The molecule has 4 aromatic rings. The quantitative estimate of drug-likeness (QED) is 0.300. The zero-order chi connectivity index (χ0) is 23.7. The summed E-state index contributed by atoms with van der Waals surface area (Å²) in [5.41, 5.74) is 7.60. The van der Waals surface area contributed by atoms with Crippen molar-refractivity contribution >= 4 is 35.3 Å². The predicted molar refractivity (Wildman–Crippen MR) is 120 cm³/mol. The van der Waals surface area contributed by atoms with Crippen LogP contribution in [0.5, 0.6) is 6.01 Å². The fourth-order valence-electron chi connectivity index (χ4n) is 3.53. The smallest absolute Gasteiger partial charge is 0.467 e. The maximum absolute atomic E-state index is 14.2. The molecule has 0 aliphatic heterocycles. The average molecular weight is 450 g/mol. The Morgan fingerprint density at radius 2 is 2.00 bits per heavy atom. The van der Waals surface area contributed by atoms with Gasteiger partial charge in [0.2, 0.25) is 17.8 Å². The molecule has 0 bridgehead atoms. The van der Waals surface area contributed by atoms with Crippen LogP contribution in [0.1, 0.15) is 21.6 Å². The van der Waals surface area contributed by atoms with Gasteiger partial charge >= 0.3 is 13.1 Å². The van der Waals surface area contributed by atoms with E-state index in [2.05, 4.69) is 20.3 Å². The van der Waals surface area contributed by atoms with Crippen molar-refractivity contribution in [2.75, 3.05) is 12.4 Å². The van der Waals surface area contributed by atoms with Crippen LogP contribution in [0.3, 0.4) is 0 Å². The maximum Gasteiger partial charge on any atom is 0.488 e. The van der Waals surface area contributed by atoms with Crippen LogP contribution in [0.25, 0.3) is 16.9 Å². The first-order valence-corrected chi connectivity index (χ1v) is 9.87. The molecule has 2 aromatic heterocycles. The summed E-state index contributed by atoms with van der Waals surface area (Å²) in [6.45, 7) is 2.04. The Kier molecular flexibility index (Phi) is 5.94. The van der Waals surface area contributed by atoms with E-state index in [9.17, 15) is 19.2 Å². The molecule has 0 unspecified atom stereocenters. The summed E-state index contributed by atoms with van der Waals surface area (Å²) in [4.78, 5) is 24.7. The van der Waals surface area contributed by atoms with E-state index in [1.54, 1.807) is 41.8 Å². The first-order valence-electron chi connectivity index (χ1n) is 9.87. The summed E-state index contributed by atoms with van der Waals surface area (Å²) in [7, 11) is -0.176. The summed E-state index contributed by atoms with van der Waals surface area (Å²) < 4.78 is 21.0. The number of aryl methyl sites for hydroxylation is 1. The number of nitrogens with one attached hydrogen (secondary N) is 1. The number of rotatable bonds is 7. The number of anilines is 1. The number of methoxy groups -OCH3 is 1. The molecule has 168 valence electrons. The molecule has 1 amide bonds. The van der Waals surface area contributed by atoms with Crippen LogP contribution in [-0.4, -0.2) is 49.7 Å². The van der Waals surface area contributed by atoms with Crippen molar-refractivity contribution in [2.24, 2.45) is 5.73 Å². The summed E-state index contributed by atoms with van der Waals surface area (Å²) in [6.07, 6.45) is 0. The molecule has 5 N–H and O–H groups in total. The maximum atomic E-state index is 14.2. The van der Waals surface area contributed by atoms with Gasteiger partial charge in [0.15, 0.2) is 0 Å². The van der Waals surface area contributed by atoms with Crippen molar-refractivity contribution in [3.05, 3.63) is 65.1 Å². The summed E-state index contributed by atoms with van der Waals surface area (Å²) in [5, 5.41) is 22.2. The van der Waals surface area contributed by atoms with Crippen molar-refractivity contribution in [1.82, 2.24) is 19.5 Å². The van der Waals surface area contributed by atoms with Crippen molar-refractivity contribution in [3.63, 3.8) is 0 Å². The number of amides is 1. The van der Waals surface area contributed by atoms with Crippen LogP contribution in [0, 0.1) is 12.7 Å². The molecule has 33 heavy (non-hydrogen) atoms. The molecular weight excluding hydrogens is 430 g/mol. The third kappa shape index (κ3) is 4.47. The number of ether oxygens (including phenoxy) is 1. The van der Waals surface area contributed by atoms with E-state index in [0.717, 1.165) is 11.6 Å². The molecule has 0 atom stereocenters. The van der Waals surface area contributed by atoms with Crippen molar-refractivity contribution in [2.45, 2.75) is 13.5 Å². The number of carbonyl (C=O) groups excluding carboxylic acids is 1. The van der Waals surface area contributed by atoms with Gasteiger partial charge in [-0.05, 0) is 36.1 Å². The van der Waals surface area contributed by atoms with E-state index in [1.807, 2.05) is 0 Å². The second kappa shape index (κ2) is 8.84. The lowest BCUT2D eigenvalue weighted by atomic mass is 9.80. The van der Waals surface area contributed by atoms with Crippen LogP contribution >= 0.6 is 0 Å². The lowest BCUT2D eigenvalue weighted by Crippen LogP contribution is -2.30. The highest BCUT2D eigenvalue weighted by atomic mass is 19.1. The van der Waals surface area contributed by atoms with Gasteiger partial charge < -0.3 is 25.8 Å². The highest BCUT2D eigenvalue weighted by Gasteiger charge is 2.19. The fraction of sp³-hybridized carbons (Fsp3) is 0.143. The van der Waals surface area contributed by atoms with Gasteiger partial charge in [-0.2, -0.15) is 15.0 Å². The highest BCUT2D eigenvalue weighted by molar-refractivity contribution is 6.58. The summed E-state index contributed by atoms with van der Waals surface area (Å²) in [5.74, 6) is -1.04. The fourth-order valence-corrected chi connectivity index (χ4v) is 3.53. The van der Waals surface area contributed by atoms with Gasteiger partial charge in [0, 0.05) is 17.6 Å². The van der Waals surface area contributed by atoms with Crippen LogP contribution in [0.15, 0.2) is 42.5 Å². The molecule has 12 heteroatoms. The Labute approximate surface area is 188 Å². The monoisotopic (exact) mass is 450 g/mol. The lowest BCUT2D eigenvalue weighted by molar-refractivity contribution is 0.100. The minimum Gasteiger partial charge on any atom is -0.467 e. The minimum atomic E-state index is -1.58. The van der Waals surface area contributed by atoms with Gasteiger partial charge in [-0.1, -0.05) is 24.3 Å². The third-order valence-corrected chi connectivity index (χ3v) is 5.02. The zero-order valence-electron chi connectivity index (χ0n) is 17.8. The first kappa shape index (κ1) is 22.2. The third-order valence-electron chi connectivity index (χ3n) is 5.02. The van der Waals surface area contributed by atoms with Crippen LogP contribution in [0.4, 0.5) is 10.3 Å². The van der Waals surface area contributed by atoms with Gasteiger partial charge in [0.05, 0.1) is 18.2 Å². The summed E-state index contributed by atoms with van der Waals surface area (Å²) >= 11 is 0. The minimum absolute atomic E-state index is 0.0230. The van der Waals surface area contributed by atoms with Crippen molar-refractivity contribution < 1.29 is 24.0 Å². The number of aromatic nitrogens is 4. The first-order chi connectivity index (χ1) is 15.8. The number of fused-ring (bicyclic) bond motifs is 1. The van der Waals surface area contributed by atoms with Gasteiger partial charge in [-0.25, -0.2) is 4.39 Å². The number of halogens is 1. The largest absolute Gasteiger partial charge is 0.488 e. The number of nitrogens with zero attached hydrogens (tertiary/aromatic N) is 4. The molecule has 0 saturated carbocycles. The van der Waals surface area contributed by atoms with Gasteiger partial charge in [-0.15, -0.1) is 0 Å². The standard InChI is InChI=1S/C21H20BFN6O4/c1-11-6-15-16(18(24)30)8-14(23)9-17(15)29(11)20-26-19(27-21(28-20)33-2)25-10-12-4-3-5-13(7-12)22(31)32/h3-9,31-32H,10H2,1-2H3,(H2,24,30)(H,25,26,27,28). The molecule has 0 spiro atoms. The molecule has 0 radical (unpaired) electrons. The van der Waals surface area contributed by atoms with Crippen LogP contribution in [0.2, 0.25) is 0 Å². The Balaban J connectivity index is 1.75. The highest BCUT2D eigenvalue weighted by Crippen LogP contribution is 2.27. The Morgan fingerprint density at radius 1 is 1.21 bits per heavy atom. The SMILES string of the molecule is COc1nc(NCc2cccc(B(O)O)c2)nc(-n2c(C)cc3c(C(N)=O)cc(F)cc32)n1. The van der Waals surface area contributed by atoms with Gasteiger partial charge in [-0.3, -0.25) is 9.36 Å². The molecule has 10 nitrogen and oxygen atoms in total. The molecule has 2 aromatic carbocycles. The molecule has 0 saturated heterocycles. The number of nitrogens with two attached hydrogens (primary N) is 1. The zero-order valence-corrected chi connectivity index (χ0v) is 17.8. The normalized spacial score (nSPS) is 10.9. The predicted octanol–water partition coefficient (Wildman–Crippen LogP) is 0.662. The van der Waals surface area contributed by atoms with E-state index in [1.165, 1.54) is 13.2 Å². The lowest BCUT2D eigenvalue weighted by Gasteiger charge is -2.11. The second-order valence-electron chi connectivity index (χ2n) is 7.29. The number of carbonyl (C=O) groups is 1. The van der Waals surface area contributed by atoms with E-state index in [4.69, 9.17) is 10.5 Å². The Bertz CT molecular complexity index is 1360. The number of primary amides is 1. The van der Waals surface area contributed by atoms with Crippen molar-refractivity contribution in [3.8, 4) is 12.0 Å². The topological polar surface area (TPSA) is 148 Å². The van der Waals surface area contributed by atoms with E-state index < -0.39 is 18.8 Å². The molecule has 0 aliphatic carbocycles. The number of hydrogen-bond donors (Lipinski definition) is 4. The number of hydrogen-bond acceptors (Lipinski definition) is 8. The van der Waals surface area contributed by atoms with Crippen LogP contribution in [-0.2, 0) is 6.54 Å². The molecule has 2 heterocycles. The van der Waals surface area contributed by atoms with Crippen molar-refractivity contribution in [1.29, 1.82) is 0 Å². The second-order valence-corrected chi connectivity index (χ2v) is 7.29. The number of benzene rings is 2.